The Morgan fingerprint density at radius 3 is 2.44 bits per heavy atom. The third-order valence-electron chi connectivity index (χ3n) is 5.11. The minimum atomic E-state index is 0.187. The molecule has 1 saturated heterocycles. The van der Waals surface area contributed by atoms with Gasteiger partial charge in [0.25, 0.3) is 0 Å². The largest absolute Gasteiger partial charge is 0.493 e. The molecule has 1 aromatic carbocycles. The van der Waals surface area contributed by atoms with Gasteiger partial charge in [-0.15, -0.1) is 0 Å². The molecule has 0 radical (unpaired) electrons. The molecule has 2 aliphatic rings. The smallest absolute Gasteiger partial charge is 0.203 e. The van der Waals surface area contributed by atoms with E-state index in [1.54, 1.807) is 14.2 Å². The number of hydrogen-bond acceptors (Lipinski definition) is 5. The maximum Gasteiger partial charge on any atom is 0.203 e. The van der Waals surface area contributed by atoms with Crippen molar-refractivity contribution in [3.63, 3.8) is 0 Å². The van der Waals surface area contributed by atoms with Crippen molar-refractivity contribution in [1.82, 2.24) is 5.32 Å². The van der Waals surface area contributed by atoms with Gasteiger partial charge in [-0.25, -0.2) is 0 Å². The molecule has 0 spiro atoms. The highest BCUT2D eigenvalue weighted by atomic mass is 16.5. The Labute approximate surface area is 151 Å². The first-order valence-corrected chi connectivity index (χ1v) is 9.54. The first-order valence-electron chi connectivity index (χ1n) is 9.54. The summed E-state index contributed by atoms with van der Waals surface area (Å²) in [6.45, 7) is 2.62. The fourth-order valence-corrected chi connectivity index (χ4v) is 3.70. The average molecular weight is 349 g/mol. The highest BCUT2D eigenvalue weighted by molar-refractivity contribution is 5.54. The van der Waals surface area contributed by atoms with Crippen LogP contribution in [0.3, 0.4) is 0 Å². The fraction of sp³-hybridized carbons (Fsp3) is 0.700. The lowest BCUT2D eigenvalue weighted by molar-refractivity contribution is 0.0303. The van der Waals surface area contributed by atoms with E-state index in [9.17, 15) is 0 Å². The zero-order valence-corrected chi connectivity index (χ0v) is 15.5. The third kappa shape index (κ3) is 5.02. The predicted octanol–water partition coefficient (Wildman–Crippen LogP) is 3.34. The van der Waals surface area contributed by atoms with Crippen molar-refractivity contribution in [1.29, 1.82) is 0 Å². The summed E-state index contributed by atoms with van der Waals surface area (Å²) in [7, 11) is 3.32. The molecule has 0 aromatic heterocycles. The van der Waals surface area contributed by atoms with E-state index in [2.05, 4.69) is 11.4 Å². The lowest BCUT2D eigenvalue weighted by Crippen LogP contribution is -2.20. The molecule has 5 nitrogen and oxygen atoms in total. The van der Waals surface area contributed by atoms with Gasteiger partial charge in [-0.3, -0.25) is 0 Å². The minimum absolute atomic E-state index is 0.187. The van der Waals surface area contributed by atoms with Gasteiger partial charge in [-0.05, 0) is 49.9 Å². The average Bonchev–Trinajstić information content (AvgIpc) is 3.15. The van der Waals surface area contributed by atoms with E-state index < -0.39 is 0 Å². The molecular formula is C20H31NO4. The number of nitrogens with one attached hydrogen (secondary N) is 1. The number of rotatable bonds is 8. The molecule has 1 atom stereocenters. The molecule has 0 unspecified atom stereocenters. The van der Waals surface area contributed by atoms with E-state index in [0.29, 0.717) is 11.9 Å². The van der Waals surface area contributed by atoms with Crippen molar-refractivity contribution in [3.05, 3.63) is 17.7 Å². The van der Waals surface area contributed by atoms with Crippen LogP contribution in [0.25, 0.3) is 0 Å². The van der Waals surface area contributed by atoms with E-state index in [0.717, 1.165) is 49.6 Å². The van der Waals surface area contributed by atoms with Gasteiger partial charge in [0.05, 0.1) is 26.9 Å². The fourth-order valence-electron chi connectivity index (χ4n) is 3.70. The van der Waals surface area contributed by atoms with Gasteiger partial charge in [0, 0.05) is 6.54 Å². The summed E-state index contributed by atoms with van der Waals surface area (Å²) in [6.07, 6.45) is 8.86. The first kappa shape index (κ1) is 18.3. The molecule has 1 saturated carbocycles. The van der Waals surface area contributed by atoms with Crippen LogP contribution in [-0.4, -0.2) is 46.1 Å². The third-order valence-corrected chi connectivity index (χ3v) is 5.11. The molecule has 0 amide bonds. The van der Waals surface area contributed by atoms with Crippen molar-refractivity contribution in [2.24, 2.45) is 0 Å². The van der Waals surface area contributed by atoms with Crippen LogP contribution in [0.2, 0.25) is 0 Å². The van der Waals surface area contributed by atoms with Crippen molar-refractivity contribution in [3.8, 4) is 17.2 Å². The van der Waals surface area contributed by atoms with Crippen molar-refractivity contribution in [2.45, 2.75) is 57.2 Å². The molecule has 5 heteroatoms. The van der Waals surface area contributed by atoms with Crippen LogP contribution < -0.4 is 19.5 Å². The van der Waals surface area contributed by atoms with Crippen LogP contribution in [-0.2, 0) is 11.2 Å². The van der Waals surface area contributed by atoms with E-state index in [1.807, 2.05) is 6.07 Å². The molecule has 0 bridgehead atoms. The van der Waals surface area contributed by atoms with Gasteiger partial charge in [-0.2, -0.15) is 0 Å². The predicted molar refractivity (Wildman–Crippen MR) is 98.0 cm³/mol. The molecule has 1 aliphatic heterocycles. The zero-order chi connectivity index (χ0) is 17.5. The Morgan fingerprint density at radius 2 is 1.76 bits per heavy atom. The molecule has 1 aliphatic carbocycles. The van der Waals surface area contributed by atoms with E-state index in [1.165, 1.54) is 32.1 Å². The zero-order valence-electron chi connectivity index (χ0n) is 15.5. The van der Waals surface area contributed by atoms with Crippen molar-refractivity contribution >= 4 is 0 Å². The second-order valence-electron chi connectivity index (χ2n) is 6.94. The van der Waals surface area contributed by atoms with E-state index >= 15 is 0 Å². The Hall–Kier alpha value is -1.46. The van der Waals surface area contributed by atoms with Crippen LogP contribution in [0.5, 0.6) is 17.2 Å². The van der Waals surface area contributed by atoms with Gasteiger partial charge in [0.15, 0.2) is 11.5 Å². The first-order chi connectivity index (χ1) is 12.3. The Balaban J connectivity index is 1.65. The summed E-state index contributed by atoms with van der Waals surface area (Å²) in [4.78, 5) is 0. The maximum atomic E-state index is 6.17. The van der Waals surface area contributed by atoms with Crippen LogP contribution in [0, 0.1) is 0 Å². The summed E-state index contributed by atoms with van der Waals surface area (Å²) in [6, 6.07) is 4.10. The van der Waals surface area contributed by atoms with Crippen LogP contribution in [0.4, 0.5) is 0 Å². The normalized spacial score (nSPS) is 21.3. The summed E-state index contributed by atoms with van der Waals surface area (Å²) in [5, 5.41) is 3.33. The molecule has 1 heterocycles. The topological polar surface area (TPSA) is 49.0 Å². The van der Waals surface area contributed by atoms with Gasteiger partial charge < -0.3 is 24.3 Å². The Morgan fingerprint density at radius 1 is 0.960 bits per heavy atom. The molecular weight excluding hydrogens is 318 g/mol. The lowest BCUT2D eigenvalue weighted by Gasteiger charge is -2.22. The van der Waals surface area contributed by atoms with E-state index in [4.69, 9.17) is 18.9 Å². The Bertz CT molecular complexity index is 537. The second kappa shape index (κ2) is 9.30. The minimum Gasteiger partial charge on any atom is -0.493 e. The number of ether oxygens (including phenoxy) is 4. The monoisotopic (exact) mass is 349 g/mol. The Kier molecular flexibility index (Phi) is 6.82. The summed E-state index contributed by atoms with van der Waals surface area (Å²) >= 11 is 0. The molecule has 2 fully saturated rings. The molecule has 140 valence electrons. The van der Waals surface area contributed by atoms with Gasteiger partial charge in [-0.1, -0.05) is 19.3 Å². The standard InChI is InChI=1S/C20H31NO4/c1-22-18-12-15(9-11-24-16-6-4-3-5-7-16)13-19(20(18)23-2)25-17-8-10-21-14-17/h12-13,16-17,21H,3-11,14H2,1-2H3/t17-/m1/s1. The molecule has 3 rings (SSSR count). The van der Waals surface area contributed by atoms with Gasteiger partial charge in [0.1, 0.15) is 6.10 Å². The molecule has 1 aromatic rings. The van der Waals surface area contributed by atoms with Crippen LogP contribution >= 0.6 is 0 Å². The number of benzene rings is 1. The van der Waals surface area contributed by atoms with Gasteiger partial charge >= 0.3 is 0 Å². The van der Waals surface area contributed by atoms with E-state index in [-0.39, 0.29) is 6.10 Å². The van der Waals surface area contributed by atoms with Gasteiger partial charge in [0.2, 0.25) is 5.75 Å². The van der Waals surface area contributed by atoms with Crippen molar-refractivity contribution in [2.75, 3.05) is 33.9 Å². The maximum absolute atomic E-state index is 6.17. The highest BCUT2D eigenvalue weighted by Crippen LogP contribution is 2.39. The number of methoxy groups -OCH3 is 2. The summed E-state index contributed by atoms with van der Waals surface area (Å²) < 4.78 is 23.3. The number of hydrogen-bond donors (Lipinski definition) is 1. The highest BCUT2D eigenvalue weighted by Gasteiger charge is 2.21. The SMILES string of the molecule is COc1cc(CCOC2CCCCC2)cc(O[C@@H]2CCNC2)c1OC. The van der Waals surface area contributed by atoms with Crippen LogP contribution in [0.15, 0.2) is 12.1 Å². The second-order valence-corrected chi connectivity index (χ2v) is 6.94. The quantitative estimate of drug-likeness (QED) is 0.780. The summed E-state index contributed by atoms with van der Waals surface area (Å²) in [5.74, 6) is 2.16. The summed E-state index contributed by atoms with van der Waals surface area (Å²) in [5.41, 5.74) is 1.16. The van der Waals surface area contributed by atoms with Crippen LogP contribution in [0.1, 0.15) is 44.1 Å². The lowest BCUT2D eigenvalue weighted by atomic mass is 9.98. The molecule has 1 N–H and O–H groups in total. The molecule has 25 heavy (non-hydrogen) atoms. The van der Waals surface area contributed by atoms with Crippen molar-refractivity contribution < 1.29 is 18.9 Å².